The summed E-state index contributed by atoms with van der Waals surface area (Å²) in [4.78, 5) is 12.0. The maximum Gasteiger partial charge on any atom is 0.334 e. The number of aryl methyl sites for hydroxylation is 1. The smallest absolute Gasteiger partial charge is 0.334 e. The Bertz CT molecular complexity index is 377. The second-order valence-electron chi connectivity index (χ2n) is 4.19. The van der Waals surface area contributed by atoms with Gasteiger partial charge in [-0.05, 0) is 44.9 Å². The van der Waals surface area contributed by atoms with Crippen molar-refractivity contribution in [3.63, 3.8) is 0 Å². The summed E-state index contributed by atoms with van der Waals surface area (Å²) in [5, 5.41) is 3.24. The van der Waals surface area contributed by atoms with Crippen LogP contribution in [0.15, 0.2) is 16.5 Å². The maximum atomic E-state index is 12.0. The first-order chi connectivity index (χ1) is 7.69. The number of methoxy groups -OCH3 is 1. The highest BCUT2D eigenvalue weighted by molar-refractivity contribution is 5.81. The summed E-state index contributed by atoms with van der Waals surface area (Å²) in [5.74, 6) is 1.21. The summed E-state index contributed by atoms with van der Waals surface area (Å²) in [7, 11) is 1.41. The minimum Gasteiger partial charge on any atom is -0.467 e. The predicted octanol–water partition coefficient (Wildman–Crippen LogP) is 1.73. The van der Waals surface area contributed by atoms with Crippen LogP contribution >= 0.6 is 0 Å². The average molecular weight is 223 g/mol. The van der Waals surface area contributed by atoms with Gasteiger partial charge in [0.15, 0.2) is 5.54 Å². The van der Waals surface area contributed by atoms with Crippen molar-refractivity contribution >= 4 is 5.97 Å². The van der Waals surface area contributed by atoms with Crippen LogP contribution in [0.4, 0.5) is 0 Å². The lowest BCUT2D eigenvalue weighted by Crippen LogP contribution is -2.52. The maximum absolute atomic E-state index is 12.0. The van der Waals surface area contributed by atoms with Crippen LogP contribution in [-0.2, 0) is 15.1 Å². The Morgan fingerprint density at radius 3 is 2.81 bits per heavy atom. The van der Waals surface area contributed by atoms with Gasteiger partial charge < -0.3 is 9.15 Å². The zero-order valence-electron chi connectivity index (χ0n) is 9.71. The number of esters is 1. The molecule has 1 aliphatic heterocycles. The third-order valence-electron chi connectivity index (χ3n) is 3.10. The topological polar surface area (TPSA) is 51.5 Å². The van der Waals surface area contributed by atoms with Crippen molar-refractivity contribution in [1.29, 1.82) is 0 Å². The first-order valence-corrected chi connectivity index (χ1v) is 5.59. The van der Waals surface area contributed by atoms with Gasteiger partial charge in [0.05, 0.1) is 7.11 Å². The van der Waals surface area contributed by atoms with Gasteiger partial charge in [-0.3, -0.25) is 5.32 Å². The number of nitrogens with one attached hydrogen (secondary N) is 1. The van der Waals surface area contributed by atoms with Crippen molar-refractivity contribution in [2.75, 3.05) is 13.7 Å². The van der Waals surface area contributed by atoms with Crippen molar-refractivity contribution in [3.8, 4) is 0 Å². The normalized spacial score (nSPS) is 25.4. The van der Waals surface area contributed by atoms with E-state index >= 15 is 0 Å². The van der Waals surface area contributed by atoms with E-state index < -0.39 is 5.54 Å². The Morgan fingerprint density at radius 1 is 1.50 bits per heavy atom. The van der Waals surface area contributed by atoms with Gasteiger partial charge in [0.1, 0.15) is 11.5 Å². The van der Waals surface area contributed by atoms with E-state index in [0.29, 0.717) is 5.76 Å². The van der Waals surface area contributed by atoms with E-state index in [1.165, 1.54) is 7.11 Å². The fraction of sp³-hybridized carbons (Fsp3) is 0.583. The van der Waals surface area contributed by atoms with Gasteiger partial charge in [-0.15, -0.1) is 0 Å². The van der Waals surface area contributed by atoms with Gasteiger partial charge in [0.25, 0.3) is 0 Å². The van der Waals surface area contributed by atoms with E-state index in [2.05, 4.69) is 5.32 Å². The largest absolute Gasteiger partial charge is 0.467 e. The Kier molecular flexibility index (Phi) is 3.01. The SMILES string of the molecule is COC(=O)C1(c2ccc(C)o2)CCCCN1. The Labute approximate surface area is 95.0 Å². The van der Waals surface area contributed by atoms with Crippen molar-refractivity contribution < 1.29 is 13.9 Å². The minimum atomic E-state index is -0.777. The van der Waals surface area contributed by atoms with Crippen molar-refractivity contribution in [1.82, 2.24) is 5.32 Å². The number of hydrogen-bond donors (Lipinski definition) is 1. The van der Waals surface area contributed by atoms with Gasteiger partial charge >= 0.3 is 5.97 Å². The van der Waals surface area contributed by atoms with E-state index in [9.17, 15) is 4.79 Å². The molecule has 16 heavy (non-hydrogen) atoms. The van der Waals surface area contributed by atoms with Crippen LogP contribution in [0.2, 0.25) is 0 Å². The quantitative estimate of drug-likeness (QED) is 0.776. The number of piperidine rings is 1. The fourth-order valence-corrected chi connectivity index (χ4v) is 2.23. The minimum absolute atomic E-state index is 0.262. The van der Waals surface area contributed by atoms with Crippen LogP contribution < -0.4 is 5.32 Å². The van der Waals surface area contributed by atoms with E-state index in [0.717, 1.165) is 31.6 Å². The van der Waals surface area contributed by atoms with E-state index in [1.807, 2.05) is 19.1 Å². The molecule has 1 fully saturated rings. The lowest BCUT2D eigenvalue weighted by molar-refractivity contribution is -0.151. The van der Waals surface area contributed by atoms with Crippen LogP contribution in [0.3, 0.4) is 0 Å². The highest BCUT2D eigenvalue weighted by Gasteiger charge is 2.44. The molecular weight excluding hydrogens is 206 g/mol. The molecule has 1 saturated heterocycles. The number of rotatable bonds is 2. The zero-order valence-corrected chi connectivity index (χ0v) is 9.71. The van der Waals surface area contributed by atoms with Crippen molar-refractivity contribution in [2.24, 2.45) is 0 Å². The Balaban J connectivity index is 2.37. The first-order valence-electron chi connectivity index (χ1n) is 5.59. The summed E-state index contributed by atoms with van der Waals surface area (Å²) >= 11 is 0. The second-order valence-corrected chi connectivity index (χ2v) is 4.19. The molecule has 0 aliphatic carbocycles. The lowest BCUT2D eigenvalue weighted by Gasteiger charge is -2.33. The summed E-state index contributed by atoms with van der Waals surface area (Å²) in [6, 6.07) is 3.72. The van der Waals surface area contributed by atoms with E-state index in [1.54, 1.807) is 0 Å². The molecule has 1 unspecified atom stereocenters. The molecule has 1 aromatic rings. The van der Waals surface area contributed by atoms with Gasteiger partial charge in [-0.2, -0.15) is 0 Å². The summed E-state index contributed by atoms with van der Waals surface area (Å²) in [6.07, 6.45) is 2.81. The number of carbonyl (C=O) groups excluding carboxylic acids is 1. The molecule has 4 nitrogen and oxygen atoms in total. The van der Waals surface area contributed by atoms with E-state index in [4.69, 9.17) is 9.15 Å². The average Bonchev–Trinajstić information content (AvgIpc) is 2.76. The van der Waals surface area contributed by atoms with Crippen molar-refractivity contribution in [2.45, 2.75) is 31.7 Å². The summed E-state index contributed by atoms with van der Waals surface area (Å²) < 4.78 is 10.5. The predicted molar refractivity (Wildman–Crippen MR) is 59.0 cm³/mol. The van der Waals surface area contributed by atoms with Gasteiger partial charge in [0, 0.05) is 0 Å². The standard InChI is InChI=1S/C12H17NO3/c1-9-5-6-10(16-9)12(11(14)15-2)7-3-4-8-13-12/h5-6,13H,3-4,7-8H2,1-2H3. The first kappa shape index (κ1) is 11.2. The second kappa shape index (κ2) is 4.29. The molecule has 0 spiro atoms. The molecule has 1 aromatic heterocycles. The molecule has 4 heteroatoms. The molecule has 2 heterocycles. The van der Waals surface area contributed by atoms with Gasteiger partial charge in [-0.25, -0.2) is 4.79 Å². The van der Waals surface area contributed by atoms with Crippen LogP contribution in [0.25, 0.3) is 0 Å². The highest BCUT2D eigenvalue weighted by Crippen LogP contribution is 2.32. The Hall–Kier alpha value is -1.29. The molecule has 0 amide bonds. The molecule has 0 radical (unpaired) electrons. The monoisotopic (exact) mass is 223 g/mol. The van der Waals surface area contributed by atoms with Crippen molar-refractivity contribution in [3.05, 3.63) is 23.7 Å². The number of ether oxygens (including phenoxy) is 1. The van der Waals surface area contributed by atoms with Gasteiger partial charge in [0.2, 0.25) is 0 Å². The van der Waals surface area contributed by atoms with Crippen LogP contribution in [0, 0.1) is 6.92 Å². The molecular formula is C12H17NO3. The van der Waals surface area contributed by atoms with Crippen LogP contribution in [-0.4, -0.2) is 19.6 Å². The number of furan rings is 1. The molecule has 88 valence electrons. The molecule has 1 N–H and O–H groups in total. The third kappa shape index (κ3) is 1.73. The number of hydrogen-bond acceptors (Lipinski definition) is 4. The Morgan fingerprint density at radius 2 is 2.31 bits per heavy atom. The van der Waals surface area contributed by atoms with Crippen LogP contribution in [0.1, 0.15) is 30.8 Å². The van der Waals surface area contributed by atoms with E-state index in [-0.39, 0.29) is 5.97 Å². The fourth-order valence-electron chi connectivity index (χ4n) is 2.23. The third-order valence-corrected chi connectivity index (χ3v) is 3.10. The van der Waals surface area contributed by atoms with Crippen LogP contribution in [0.5, 0.6) is 0 Å². The highest BCUT2D eigenvalue weighted by atomic mass is 16.5. The molecule has 0 saturated carbocycles. The molecule has 1 atom stereocenters. The molecule has 2 rings (SSSR count). The molecule has 0 bridgehead atoms. The number of carbonyl (C=O) groups is 1. The zero-order chi connectivity index (χ0) is 11.6. The molecule has 0 aromatic carbocycles. The van der Waals surface area contributed by atoms with Gasteiger partial charge in [-0.1, -0.05) is 0 Å². The summed E-state index contributed by atoms with van der Waals surface area (Å²) in [5.41, 5.74) is -0.777. The lowest BCUT2D eigenvalue weighted by atomic mass is 9.86. The molecule has 1 aliphatic rings. The summed E-state index contributed by atoms with van der Waals surface area (Å²) in [6.45, 7) is 2.69.